The zero-order chi connectivity index (χ0) is 21.9. The van der Waals surface area contributed by atoms with E-state index in [1.165, 1.54) is 17.2 Å². The van der Waals surface area contributed by atoms with E-state index in [1.54, 1.807) is 0 Å². The lowest BCUT2D eigenvalue weighted by molar-refractivity contribution is -0.131. The Morgan fingerprint density at radius 2 is 2.00 bits per heavy atom. The van der Waals surface area contributed by atoms with Crippen molar-refractivity contribution >= 4 is 33.2 Å². The van der Waals surface area contributed by atoms with Crippen molar-refractivity contribution in [2.24, 2.45) is 5.92 Å². The summed E-state index contributed by atoms with van der Waals surface area (Å²) in [6.07, 6.45) is 5.19. The molecule has 1 aromatic carbocycles. The Morgan fingerprint density at radius 1 is 1.19 bits per heavy atom. The Hall–Kier alpha value is -3.34. The second-order valence-electron chi connectivity index (χ2n) is 7.65. The number of carbonyl (C=O) groups is 2. The molecule has 0 radical (unpaired) electrons. The lowest BCUT2D eigenvalue weighted by Crippen LogP contribution is -2.50. The summed E-state index contributed by atoms with van der Waals surface area (Å²) in [5.74, 6) is -1.80. The summed E-state index contributed by atoms with van der Waals surface area (Å²) in [5.41, 5.74) is 1.26. The van der Waals surface area contributed by atoms with Crippen LogP contribution < -0.4 is 5.32 Å². The molecule has 2 bridgehead atoms. The fraction of sp³-hybridized carbons (Fsp3) is 0.250. The summed E-state index contributed by atoms with van der Waals surface area (Å²) < 4.78 is 53.3. The van der Waals surface area contributed by atoms with Gasteiger partial charge in [-0.15, -0.1) is 0 Å². The second-order valence-corrected chi connectivity index (χ2v) is 9.48. The summed E-state index contributed by atoms with van der Waals surface area (Å²) in [5, 5.41) is 2.37. The number of hydrogen-bond acceptors (Lipinski definition) is 5. The van der Waals surface area contributed by atoms with Crippen LogP contribution in [0.4, 0.5) is 19.3 Å². The van der Waals surface area contributed by atoms with Crippen LogP contribution in [0.1, 0.15) is 12.0 Å². The summed E-state index contributed by atoms with van der Waals surface area (Å²) in [7, 11) is -4.40. The van der Waals surface area contributed by atoms with Gasteiger partial charge in [0, 0.05) is 18.3 Å². The number of likely N-dealkylation sites (tertiary alicyclic amines) is 1. The topological polar surface area (TPSA) is 99.7 Å². The normalized spacial score (nSPS) is 23.4. The molecule has 1 fully saturated rings. The van der Waals surface area contributed by atoms with Gasteiger partial charge in [0.15, 0.2) is 0 Å². The van der Waals surface area contributed by atoms with Crippen LogP contribution in [0.5, 0.6) is 0 Å². The second kappa shape index (κ2) is 6.84. The first-order chi connectivity index (χ1) is 14.7. The Kier molecular flexibility index (Phi) is 4.33. The molecule has 31 heavy (non-hydrogen) atoms. The quantitative estimate of drug-likeness (QED) is 0.779. The van der Waals surface area contributed by atoms with Gasteiger partial charge in [0.05, 0.1) is 17.9 Å². The number of aromatic nitrogens is 1. The van der Waals surface area contributed by atoms with E-state index in [0.29, 0.717) is 22.8 Å². The molecule has 0 unspecified atom stereocenters. The van der Waals surface area contributed by atoms with Crippen molar-refractivity contribution in [3.63, 3.8) is 0 Å². The number of hydrogen-bond donors (Lipinski definition) is 1. The first-order valence-electron chi connectivity index (χ1n) is 9.49. The largest absolute Gasteiger partial charge is 0.336 e. The van der Waals surface area contributed by atoms with Crippen molar-refractivity contribution in [1.29, 1.82) is 0 Å². The van der Waals surface area contributed by atoms with Crippen LogP contribution in [0.3, 0.4) is 0 Å². The highest BCUT2D eigenvalue weighted by atomic mass is 32.2. The average molecular weight is 446 g/mol. The number of rotatable bonds is 3. The molecule has 3 amide bonds. The van der Waals surface area contributed by atoms with E-state index in [9.17, 15) is 26.8 Å². The van der Waals surface area contributed by atoms with E-state index in [1.807, 2.05) is 6.08 Å². The third kappa shape index (κ3) is 3.16. The van der Waals surface area contributed by atoms with Crippen LogP contribution in [0.2, 0.25) is 0 Å². The minimum absolute atomic E-state index is 0.0425. The molecule has 8 nitrogen and oxygen atoms in total. The van der Waals surface area contributed by atoms with Crippen molar-refractivity contribution < 1.29 is 26.8 Å². The number of pyridine rings is 1. The summed E-state index contributed by atoms with van der Waals surface area (Å²) in [4.78, 5) is 30.3. The number of nitrogens with one attached hydrogen (secondary N) is 1. The van der Waals surface area contributed by atoms with Crippen LogP contribution in [-0.2, 0) is 14.8 Å². The number of amides is 3. The van der Waals surface area contributed by atoms with Crippen molar-refractivity contribution in [2.45, 2.75) is 17.4 Å². The first kappa shape index (κ1) is 19.6. The Labute approximate surface area is 176 Å². The molecule has 0 spiro atoms. The molecule has 11 heteroatoms. The molecular weight excluding hydrogens is 430 g/mol. The third-order valence-electron chi connectivity index (χ3n) is 5.72. The maximum Gasteiger partial charge on any atom is 0.336 e. The van der Waals surface area contributed by atoms with Gasteiger partial charge in [0.1, 0.15) is 23.1 Å². The monoisotopic (exact) mass is 446 g/mol. The predicted octanol–water partition coefficient (Wildman–Crippen LogP) is 2.21. The molecule has 2 aliphatic heterocycles. The number of fused-ring (bicyclic) bond motifs is 3. The van der Waals surface area contributed by atoms with Crippen LogP contribution in [0, 0.1) is 17.6 Å². The number of urea groups is 1. The standard InChI is InChI=1S/C20H16F2N4O4S/c21-13-1-2-16-18(6-13)31(29,30)26(20(28)24-16)10-19(27)25-9-11-3-15(17(25)4-11)12-5-14(22)8-23-7-12/h1-3,5-8,11,17H,4,9-10H2,(H,24,28)/t11-,17-/m1/s1. The van der Waals surface area contributed by atoms with E-state index in [0.717, 1.165) is 30.0 Å². The van der Waals surface area contributed by atoms with Crippen molar-refractivity contribution in [3.05, 3.63) is 59.9 Å². The average Bonchev–Trinajstić information content (AvgIpc) is 3.33. The van der Waals surface area contributed by atoms with Crippen LogP contribution in [-0.4, -0.2) is 53.7 Å². The first-order valence-corrected chi connectivity index (χ1v) is 10.9. The molecule has 160 valence electrons. The SMILES string of the molecule is O=C(CN1C(=O)Nc2ccc(F)cc2S1(=O)=O)N1C[C@@H]2C=C(c3cncc(F)c3)[C@H]1C2. The highest BCUT2D eigenvalue weighted by molar-refractivity contribution is 7.90. The molecule has 1 saturated heterocycles. The number of anilines is 1. The van der Waals surface area contributed by atoms with Gasteiger partial charge >= 0.3 is 6.03 Å². The lowest BCUT2D eigenvalue weighted by Gasteiger charge is -2.32. The van der Waals surface area contributed by atoms with E-state index in [2.05, 4.69) is 10.3 Å². The number of carbonyl (C=O) groups excluding carboxylic acids is 2. The molecule has 1 N–H and O–H groups in total. The van der Waals surface area contributed by atoms with E-state index in [-0.39, 0.29) is 17.6 Å². The number of sulfonamides is 1. The van der Waals surface area contributed by atoms with Gasteiger partial charge in [-0.1, -0.05) is 6.08 Å². The van der Waals surface area contributed by atoms with E-state index < -0.39 is 45.0 Å². The minimum atomic E-state index is -4.40. The summed E-state index contributed by atoms with van der Waals surface area (Å²) in [6.45, 7) is -0.349. The fourth-order valence-electron chi connectivity index (χ4n) is 4.37. The van der Waals surface area contributed by atoms with Gasteiger partial charge in [0.25, 0.3) is 10.0 Å². The summed E-state index contributed by atoms with van der Waals surface area (Å²) >= 11 is 0. The van der Waals surface area contributed by atoms with Gasteiger partial charge in [-0.05, 0) is 42.2 Å². The van der Waals surface area contributed by atoms with Crippen LogP contribution in [0.25, 0.3) is 5.57 Å². The third-order valence-corrected chi connectivity index (χ3v) is 7.49. The van der Waals surface area contributed by atoms with Gasteiger partial charge in [-0.25, -0.2) is 26.3 Å². The summed E-state index contributed by atoms with van der Waals surface area (Å²) in [6, 6.07) is 2.98. The molecule has 2 atom stereocenters. The van der Waals surface area contributed by atoms with Crippen molar-refractivity contribution in [1.82, 2.24) is 14.2 Å². The van der Waals surface area contributed by atoms with E-state index in [4.69, 9.17) is 0 Å². The number of benzene rings is 1. The lowest BCUT2D eigenvalue weighted by atomic mass is 10.0. The number of halogens is 2. The van der Waals surface area contributed by atoms with Crippen molar-refractivity contribution in [3.8, 4) is 0 Å². The molecule has 0 saturated carbocycles. The molecule has 5 rings (SSSR count). The molecule has 1 aliphatic carbocycles. The van der Waals surface area contributed by atoms with Gasteiger partial charge in [-0.3, -0.25) is 9.78 Å². The van der Waals surface area contributed by atoms with E-state index >= 15 is 0 Å². The molecular formula is C20H16F2N4O4S. The smallest absolute Gasteiger partial charge is 0.333 e. The van der Waals surface area contributed by atoms with Gasteiger partial charge < -0.3 is 10.2 Å². The van der Waals surface area contributed by atoms with Gasteiger partial charge in [0.2, 0.25) is 5.91 Å². The highest BCUT2D eigenvalue weighted by Crippen LogP contribution is 2.42. The van der Waals surface area contributed by atoms with Crippen LogP contribution >= 0.6 is 0 Å². The Bertz CT molecular complexity index is 1260. The fourth-order valence-corrected chi connectivity index (χ4v) is 5.81. The maximum absolute atomic E-state index is 13.6. The van der Waals surface area contributed by atoms with Gasteiger partial charge in [-0.2, -0.15) is 0 Å². The Morgan fingerprint density at radius 3 is 2.74 bits per heavy atom. The van der Waals surface area contributed by atoms with Crippen molar-refractivity contribution in [2.75, 3.05) is 18.4 Å². The Balaban J connectivity index is 1.40. The number of nitrogens with zero attached hydrogens (tertiary/aromatic N) is 3. The highest BCUT2D eigenvalue weighted by Gasteiger charge is 2.45. The molecule has 3 aliphatic rings. The zero-order valence-corrected chi connectivity index (χ0v) is 16.8. The minimum Gasteiger partial charge on any atom is -0.333 e. The molecule has 3 heterocycles. The molecule has 2 aromatic rings. The maximum atomic E-state index is 13.6. The predicted molar refractivity (Wildman–Crippen MR) is 105 cm³/mol. The van der Waals surface area contributed by atoms with Crippen LogP contribution in [0.15, 0.2) is 47.6 Å². The molecule has 1 aromatic heterocycles. The zero-order valence-electron chi connectivity index (χ0n) is 16.0.